The molecule has 2 aromatic rings. The molecule has 2 heteroatoms. The monoisotopic (exact) mass is 225 g/mol. The molecule has 0 radical (unpaired) electrons. The average Bonchev–Trinajstić information content (AvgIpc) is 2.78. The Morgan fingerprint density at radius 1 is 1.31 bits per heavy atom. The predicted molar refractivity (Wildman–Crippen MR) is 68.4 cm³/mol. The molecule has 2 rings (SSSR count). The van der Waals surface area contributed by atoms with Crippen molar-refractivity contribution >= 4 is 11.3 Å². The van der Waals surface area contributed by atoms with Crippen LogP contribution in [-0.2, 0) is 6.42 Å². The number of hydrogen-bond donors (Lipinski definition) is 0. The van der Waals surface area contributed by atoms with E-state index in [-0.39, 0.29) is 0 Å². The third-order valence-electron chi connectivity index (χ3n) is 2.28. The summed E-state index contributed by atoms with van der Waals surface area (Å²) < 4.78 is 0. The summed E-state index contributed by atoms with van der Waals surface area (Å²) in [7, 11) is 0. The molecule has 0 aliphatic rings. The first-order valence-corrected chi connectivity index (χ1v) is 5.85. The standard InChI is InChI=1S/C14H11NS/c1-2-4-13-7-8-14(16-13)12-6-3-5-11(9-12)10-15/h2-3,5-9H,1,4H2. The van der Waals surface area contributed by atoms with E-state index in [4.69, 9.17) is 5.26 Å². The van der Waals surface area contributed by atoms with Crippen molar-refractivity contribution in [2.75, 3.05) is 0 Å². The van der Waals surface area contributed by atoms with Crippen molar-refractivity contribution in [2.45, 2.75) is 6.42 Å². The summed E-state index contributed by atoms with van der Waals surface area (Å²) in [5.74, 6) is 0. The molecule has 0 aliphatic heterocycles. The highest BCUT2D eigenvalue weighted by atomic mass is 32.1. The molecule has 1 aromatic carbocycles. The van der Waals surface area contributed by atoms with Crippen LogP contribution in [0.15, 0.2) is 49.1 Å². The lowest BCUT2D eigenvalue weighted by atomic mass is 10.1. The molecule has 1 nitrogen and oxygen atoms in total. The van der Waals surface area contributed by atoms with E-state index in [9.17, 15) is 0 Å². The van der Waals surface area contributed by atoms with Gasteiger partial charge in [-0.15, -0.1) is 17.9 Å². The maximum Gasteiger partial charge on any atom is 0.0991 e. The van der Waals surface area contributed by atoms with Crippen molar-refractivity contribution in [1.29, 1.82) is 5.26 Å². The molecule has 78 valence electrons. The molecule has 0 amide bonds. The van der Waals surface area contributed by atoms with Crippen LogP contribution in [0.3, 0.4) is 0 Å². The molecular formula is C14H11NS. The summed E-state index contributed by atoms with van der Waals surface area (Å²) in [5.41, 5.74) is 1.82. The first-order valence-electron chi connectivity index (χ1n) is 5.03. The van der Waals surface area contributed by atoms with Crippen LogP contribution in [0.2, 0.25) is 0 Å². The van der Waals surface area contributed by atoms with E-state index in [0.717, 1.165) is 12.0 Å². The smallest absolute Gasteiger partial charge is 0.0991 e. The number of nitriles is 1. The normalized spacial score (nSPS) is 9.69. The summed E-state index contributed by atoms with van der Waals surface area (Å²) in [6.07, 6.45) is 2.81. The van der Waals surface area contributed by atoms with Crippen LogP contribution in [0.5, 0.6) is 0 Å². The molecule has 1 aromatic heterocycles. The lowest BCUT2D eigenvalue weighted by Gasteiger charge is -1.97. The SMILES string of the molecule is C=CCc1ccc(-c2cccc(C#N)c2)s1. The predicted octanol–water partition coefficient (Wildman–Crippen LogP) is 4.02. The van der Waals surface area contributed by atoms with E-state index >= 15 is 0 Å². The fraction of sp³-hybridized carbons (Fsp3) is 0.0714. The summed E-state index contributed by atoms with van der Waals surface area (Å²) >= 11 is 1.75. The Morgan fingerprint density at radius 3 is 2.94 bits per heavy atom. The Hall–Kier alpha value is -1.85. The van der Waals surface area contributed by atoms with Crippen LogP contribution >= 0.6 is 11.3 Å². The first-order chi connectivity index (χ1) is 7.83. The minimum absolute atomic E-state index is 0.705. The molecule has 0 bridgehead atoms. The van der Waals surface area contributed by atoms with Crippen LogP contribution in [0.1, 0.15) is 10.4 Å². The lowest BCUT2D eigenvalue weighted by molar-refractivity contribution is 1.36. The van der Waals surface area contributed by atoms with Gasteiger partial charge in [0.2, 0.25) is 0 Å². The van der Waals surface area contributed by atoms with Crippen molar-refractivity contribution in [1.82, 2.24) is 0 Å². The van der Waals surface area contributed by atoms with Gasteiger partial charge < -0.3 is 0 Å². The van der Waals surface area contributed by atoms with Crippen molar-refractivity contribution in [3.8, 4) is 16.5 Å². The largest absolute Gasteiger partial charge is 0.192 e. The zero-order valence-corrected chi connectivity index (χ0v) is 9.63. The van der Waals surface area contributed by atoms with Crippen molar-refractivity contribution in [2.24, 2.45) is 0 Å². The Labute approximate surface area is 99.3 Å². The minimum Gasteiger partial charge on any atom is -0.192 e. The number of rotatable bonds is 3. The molecule has 0 saturated heterocycles. The fourth-order valence-electron chi connectivity index (χ4n) is 1.53. The molecule has 0 fully saturated rings. The van der Waals surface area contributed by atoms with Gasteiger partial charge in [0.1, 0.15) is 0 Å². The Kier molecular flexibility index (Phi) is 3.19. The zero-order valence-electron chi connectivity index (χ0n) is 8.81. The van der Waals surface area contributed by atoms with E-state index in [1.165, 1.54) is 9.75 Å². The van der Waals surface area contributed by atoms with Gasteiger partial charge in [-0.25, -0.2) is 0 Å². The van der Waals surface area contributed by atoms with Gasteiger partial charge in [-0.1, -0.05) is 18.2 Å². The van der Waals surface area contributed by atoms with Crippen LogP contribution in [-0.4, -0.2) is 0 Å². The summed E-state index contributed by atoms with van der Waals surface area (Å²) in [5, 5.41) is 8.84. The van der Waals surface area contributed by atoms with Gasteiger partial charge in [-0.3, -0.25) is 0 Å². The van der Waals surface area contributed by atoms with Gasteiger partial charge in [0.05, 0.1) is 11.6 Å². The number of nitrogens with zero attached hydrogens (tertiary/aromatic N) is 1. The second kappa shape index (κ2) is 4.78. The van der Waals surface area contributed by atoms with E-state index in [1.54, 1.807) is 11.3 Å². The van der Waals surface area contributed by atoms with E-state index in [1.807, 2.05) is 30.3 Å². The number of benzene rings is 1. The molecule has 0 spiro atoms. The minimum atomic E-state index is 0.705. The second-order valence-corrected chi connectivity index (χ2v) is 4.62. The number of allylic oxidation sites excluding steroid dienone is 1. The summed E-state index contributed by atoms with van der Waals surface area (Å²) in [4.78, 5) is 2.50. The van der Waals surface area contributed by atoms with Gasteiger partial charge >= 0.3 is 0 Å². The zero-order chi connectivity index (χ0) is 11.4. The second-order valence-electron chi connectivity index (χ2n) is 3.45. The third-order valence-corrected chi connectivity index (χ3v) is 3.44. The highest BCUT2D eigenvalue weighted by molar-refractivity contribution is 7.15. The Morgan fingerprint density at radius 2 is 2.19 bits per heavy atom. The molecular weight excluding hydrogens is 214 g/mol. The maximum absolute atomic E-state index is 8.84. The Bertz CT molecular complexity index is 546. The topological polar surface area (TPSA) is 23.8 Å². The molecule has 0 aliphatic carbocycles. The molecule has 0 atom stereocenters. The van der Waals surface area contributed by atoms with Crippen LogP contribution in [0.25, 0.3) is 10.4 Å². The van der Waals surface area contributed by atoms with Crippen molar-refractivity contribution in [3.63, 3.8) is 0 Å². The highest BCUT2D eigenvalue weighted by Gasteiger charge is 2.02. The summed E-state index contributed by atoms with van der Waals surface area (Å²) in [6.45, 7) is 3.73. The number of hydrogen-bond acceptors (Lipinski definition) is 2. The van der Waals surface area contributed by atoms with E-state index < -0.39 is 0 Å². The van der Waals surface area contributed by atoms with Crippen LogP contribution < -0.4 is 0 Å². The van der Waals surface area contributed by atoms with Gasteiger partial charge in [0.15, 0.2) is 0 Å². The van der Waals surface area contributed by atoms with E-state index in [2.05, 4.69) is 24.8 Å². The van der Waals surface area contributed by atoms with Crippen LogP contribution in [0, 0.1) is 11.3 Å². The maximum atomic E-state index is 8.84. The third kappa shape index (κ3) is 2.21. The molecule has 16 heavy (non-hydrogen) atoms. The van der Waals surface area contributed by atoms with E-state index in [0.29, 0.717) is 5.56 Å². The molecule has 0 saturated carbocycles. The first kappa shape index (κ1) is 10.7. The highest BCUT2D eigenvalue weighted by Crippen LogP contribution is 2.28. The van der Waals surface area contributed by atoms with Crippen molar-refractivity contribution < 1.29 is 0 Å². The Balaban J connectivity index is 2.35. The average molecular weight is 225 g/mol. The number of thiophene rings is 1. The summed E-state index contributed by atoms with van der Waals surface area (Å²) in [6, 6.07) is 14.1. The van der Waals surface area contributed by atoms with Gasteiger partial charge in [-0.05, 0) is 36.2 Å². The van der Waals surface area contributed by atoms with Crippen LogP contribution in [0.4, 0.5) is 0 Å². The fourth-order valence-corrected chi connectivity index (χ4v) is 2.53. The molecule has 0 unspecified atom stereocenters. The van der Waals surface area contributed by atoms with Gasteiger partial charge in [0, 0.05) is 9.75 Å². The lowest BCUT2D eigenvalue weighted by Crippen LogP contribution is -1.75. The quantitative estimate of drug-likeness (QED) is 0.724. The molecule has 1 heterocycles. The molecule has 0 N–H and O–H groups in total. The van der Waals surface area contributed by atoms with Gasteiger partial charge in [-0.2, -0.15) is 5.26 Å². The van der Waals surface area contributed by atoms with Gasteiger partial charge in [0.25, 0.3) is 0 Å². The van der Waals surface area contributed by atoms with Crippen molar-refractivity contribution in [3.05, 3.63) is 59.5 Å².